The van der Waals surface area contributed by atoms with Gasteiger partial charge in [-0.25, -0.2) is 12.8 Å². The van der Waals surface area contributed by atoms with Gasteiger partial charge in [0.05, 0.1) is 11.9 Å². The number of nitrogens with zero attached hydrogens (tertiary/aromatic N) is 2. The molecule has 35 heavy (non-hydrogen) atoms. The minimum Gasteiger partial charge on any atom is -0.352 e. The Hall–Kier alpha value is -2.94. The van der Waals surface area contributed by atoms with Crippen LogP contribution in [0.4, 0.5) is 10.1 Å². The monoisotopic (exact) mass is 503 g/mol. The van der Waals surface area contributed by atoms with Gasteiger partial charge in [-0.3, -0.25) is 13.9 Å². The van der Waals surface area contributed by atoms with Crippen molar-refractivity contribution in [2.75, 3.05) is 17.1 Å². The zero-order chi connectivity index (χ0) is 25.6. The molecule has 1 unspecified atom stereocenters. The van der Waals surface area contributed by atoms with E-state index < -0.39 is 34.3 Å². The molecule has 0 saturated heterocycles. The fourth-order valence-electron chi connectivity index (χ4n) is 4.52. The summed E-state index contributed by atoms with van der Waals surface area (Å²) in [5, 5.41) is 3.08. The zero-order valence-corrected chi connectivity index (χ0v) is 21.4. The van der Waals surface area contributed by atoms with E-state index >= 15 is 0 Å². The summed E-state index contributed by atoms with van der Waals surface area (Å²) in [5.41, 5.74) is 2.04. The lowest BCUT2D eigenvalue weighted by Crippen LogP contribution is -2.53. The van der Waals surface area contributed by atoms with Gasteiger partial charge in [-0.15, -0.1) is 0 Å². The molecule has 9 heteroatoms. The molecule has 2 aromatic carbocycles. The Morgan fingerprint density at radius 1 is 1.11 bits per heavy atom. The summed E-state index contributed by atoms with van der Waals surface area (Å²) in [6, 6.07) is 11.9. The maximum absolute atomic E-state index is 13.6. The molecule has 7 nitrogen and oxygen atoms in total. The summed E-state index contributed by atoms with van der Waals surface area (Å²) in [7, 11) is -3.85. The number of aryl methyl sites for hydroxylation is 1. The number of amides is 2. The van der Waals surface area contributed by atoms with E-state index in [0.29, 0.717) is 6.42 Å². The van der Waals surface area contributed by atoms with E-state index in [4.69, 9.17) is 0 Å². The van der Waals surface area contributed by atoms with Crippen molar-refractivity contribution in [2.24, 2.45) is 0 Å². The molecule has 0 heterocycles. The maximum atomic E-state index is 13.6. The van der Waals surface area contributed by atoms with Crippen LogP contribution >= 0.6 is 0 Å². The van der Waals surface area contributed by atoms with Crippen molar-refractivity contribution in [3.63, 3.8) is 0 Å². The van der Waals surface area contributed by atoms with E-state index in [0.717, 1.165) is 59.5 Å². The number of anilines is 1. The molecule has 1 atom stereocenters. The number of carbonyl (C=O) groups excluding carboxylic acids is 2. The van der Waals surface area contributed by atoms with Crippen molar-refractivity contribution >= 4 is 27.5 Å². The molecule has 0 bridgehead atoms. The average molecular weight is 504 g/mol. The zero-order valence-electron chi connectivity index (χ0n) is 20.5. The average Bonchev–Trinajstić information content (AvgIpc) is 3.30. The minimum absolute atomic E-state index is 0.0965. The molecule has 0 aliphatic heterocycles. The quantitative estimate of drug-likeness (QED) is 0.535. The van der Waals surface area contributed by atoms with E-state index in [2.05, 4.69) is 5.32 Å². The lowest BCUT2D eigenvalue weighted by Gasteiger charge is -2.33. The predicted molar refractivity (Wildman–Crippen MR) is 135 cm³/mol. The third-order valence-electron chi connectivity index (χ3n) is 6.32. The summed E-state index contributed by atoms with van der Waals surface area (Å²) in [6.07, 6.45) is 5.34. The molecule has 1 aliphatic rings. The molecular formula is C26H34FN3O4S. The van der Waals surface area contributed by atoms with Crippen LogP contribution in [-0.4, -0.2) is 50.0 Å². The summed E-state index contributed by atoms with van der Waals surface area (Å²) >= 11 is 0. The highest BCUT2D eigenvalue weighted by molar-refractivity contribution is 7.92. The van der Waals surface area contributed by atoms with Crippen LogP contribution in [0, 0.1) is 12.7 Å². The second-order valence-corrected chi connectivity index (χ2v) is 11.1. The lowest BCUT2D eigenvalue weighted by molar-refractivity contribution is -0.140. The van der Waals surface area contributed by atoms with Gasteiger partial charge in [0.1, 0.15) is 18.4 Å². The van der Waals surface area contributed by atoms with Crippen LogP contribution in [-0.2, 0) is 26.2 Å². The van der Waals surface area contributed by atoms with Gasteiger partial charge in [0.15, 0.2) is 0 Å². The number of halogens is 1. The first-order valence-corrected chi connectivity index (χ1v) is 13.8. The van der Waals surface area contributed by atoms with E-state index in [9.17, 15) is 22.4 Å². The summed E-state index contributed by atoms with van der Waals surface area (Å²) in [6.45, 7) is 3.45. The predicted octanol–water partition coefficient (Wildman–Crippen LogP) is 3.77. The Morgan fingerprint density at radius 2 is 1.77 bits per heavy atom. The Morgan fingerprint density at radius 3 is 2.34 bits per heavy atom. The number of rotatable bonds is 10. The highest BCUT2D eigenvalue weighted by Crippen LogP contribution is 2.22. The maximum Gasteiger partial charge on any atom is 0.244 e. The fourth-order valence-corrected chi connectivity index (χ4v) is 5.36. The number of hydrogen-bond acceptors (Lipinski definition) is 4. The number of benzene rings is 2. The standard InChI is InChI=1S/C26H34FN3O4S/c1-4-24(26(32)28-22-10-5-6-11-22)29(17-20-9-7-8-19(2)16-20)25(31)18-30(35(3,33)34)23-14-12-21(27)13-15-23/h7-9,12-16,22,24H,4-6,10-11,17-18H2,1-3H3,(H,28,32). The van der Waals surface area contributed by atoms with Gasteiger partial charge in [-0.2, -0.15) is 0 Å². The minimum atomic E-state index is -3.85. The van der Waals surface area contributed by atoms with E-state index in [-0.39, 0.29) is 24.2 Å². The number of nitrogens with one attached hydrogen (secondary N) is 1. The van der Waals surface area contributed by atoms with Crippen LogP contribution in [0.25, 0.3) is 0 Å². The molecule has 1 fully saturated rings. The molecule has 1 aliphatic carbocycles. The van der Waals surface area contributed by atoms with Crippen LogP contribution in [0.2, 0.25) is 0 Å². The van der Waals surface area contributed by atoms with Crippen molar-refractivity contribution in [3.05, 3.63) is 65.5 Å². The molecule has 190 valence electrons. The molecule has 1 saturated carbocycles. The molecule has 0 aromatic heterocycles. The Labute approximate surface area is 207 Å². The van der Waals surface area contributed by atoms with Crippen LogP contribution < -0.4 is 9.62 Å². The SMILES string of the molecule is CCC(C(=O)NC1CCCC1)N(Cc1cccc(C)c1)C(=O)CN(c1ccc(F)cc1)S(C)(=O)=O. The van der Waals surface area contributed by atoms with Crippen molar-refractivity contribution in [1.82, 2.24) is 10.2 Å². The molecule has 0 spiro atoms. The fraction of sp³-hybridized carbons (Fsp3) is 0.462. The van der Waals surface area contributed by atoms with E-state index in [1.807, 2.05) is 38.1 Å². The molecule has 2 aromatic rings. The molecule has 2 amide bonds. The van der Waals surface area contributed by atoms with E-state index in [1.54, 1.807) is 0 Å². The lowest BCUT2D eigenvalue weighted by atomic mass is 10.1. The first-order chi connectivity index (χ1) is 16.6. The smallest absolute Gasteiger partial charge is 0.244 e. The van der Waals surface area contributed by atoms with Crippen molar-refractivity contribution in [1.29, 1.82) is 0 Å². The van der Waals surface area contributed by atoms with Crippen molar-refractivity contribution in [3.8, 4) is 0 Å². The van der Waals surface area contributed by atoms with E-state index in [1.165, 1.54) is 17.0 Å². The highest BCUT2D eigenvalue weighted by atomic mass is 32.2. The second kappa shape index (κ2) is 11.7. The van der Waals surface area contributed by atoms with Crippen LogP contribution in [0.1, 0.15) is 50.2 Å². The van der Waals surface area contributed by atoms with Gasteiger partial charge in [0.25, 0.3) is 0 Å². The van der Waals surface area contributed by atoms with Gasteiger partial charge in [-0.1, -0.05) is 49.6 Å². The van der Waals surface area contributed by atoms with Gasteiger partial charge < -0.3 is 10.2 Å². The normalized spacial score (nSPS) is 15.0. The Balaban J connectivity index is 1.91. The third-order valence-corrected chi connectivity index (χ3v) is 7.46. The number of carbonyl (C=O) groups is 2. The second-order valence-electron chi connectivity index (χ2n) is 9.17. The van der Waals surface area contributed by atoms with Gasteiger partial charge in [0, 0.05) is 12.6 Å². The van der Waals surface area contributed by atoms with Gasteiger partial charge in [0.2, 0.25) is 21.8 Å². The molecular weight excluding hydrogens is 469 g/mol. The molecule has 0 radical (unpaired) electrons. The summed E-state index contributed by atoms with van der Waals surface area (Å²) < 4.78 is 39.5. The van der Waals surface area contributed by atoms with Crippen molar-refractivity contribution in [2.45, 2.75) is 64.6 Å². The van der Waals surface area contributed by atoms with Gasteiger partial charge in [-0.05, 0) is 56.0 Å². The van der Waals surface area contributed by atoms with Crippen LogP contribution in [0.3, 0.4) is 0 Å². The Bertz CT molecular complexity index is 1130. The largest absolute Gasteiger partial charge is 0.352 e. The Kier molecular flexibility index (Phi) is 8.88. The summed E-state index contributed by atoms with van der Waals surface area (Å²) in [5.74, 6) is -1.24. The molecule has 1 N–H and O–H groups in total. The first-order valence-electron chi connectivity index (χ1n) is 12.0. The first kappa shape index (κ1) is 26.7. The van der Waals surface area contributed by atoms with Crippen LogP contribution in [0.5, 0.6) is 0 Å². The number of hydrogen-bond donors (Lipinski definition) is 1. The molecule has 3 rings (SSSR count). The summed E-state index contributed by atoms with van der Waals surface area (Å²) in [4.78, 5) is 28.3. The highest BCUT2D eigenvalue weighted by Gasteiger charge is 2.33. The van der Waals surface area contributed by atoms with Crippen molar-refractivity contribution < 1.29 is 22.4 Å². The topological polar surface area (TPSA) is 86.8 Å². The van der Waals surface area contributed by atoms with Gasteiger partial charge >= 0.3 is 0 Å². The third kappa shape index (κ3) is 7.27. The number of sulfonamides is 1. The van der Waals surface area contributed by atoms with Crippen LogP contribution in [0.15, 0.2) is 48.5 Å².